The quantitative estimate of drug-likeness (QED) is 0.806. The van der Waals surface area contributed by atoms with E-state index in [1.165, 1.54) is 5.56 Å². The first-order valence-electron chi connectivity index (χ1n) is 5.49. The van der Waals surface area contributed by atoms with Crippen LogP contribution in [0, 0.1) is 5.92 Å². The Morgan fingerprint density at radius 1 is 1.33 bits per heavy atom. The normalized spacial score (nSPS) is 14.7. The van der Waals surface area contributed by atoms with Crippen LogP contribution < -0.4 is 4.74 Å². The molecule has 0 saturated heterocycles. The Hall–Kier alpha value is -1.02. The van der Waals surface area contributed by atoms with Gasteiger partial charge in [0.05, 0.1) is 13.2 Å². The van der Waals surface area contributed by atoms with E-state index in [0.717, 1.165) is 18.6 Å². The van der Waals surface area contributed by atoms with Gasteiger partial charge in [-0.15, -0.1) is 0 Å². The summed E-state index contributed by atoms with van der Waals surface area (Å²) in [7, 11) is 1.68. The molecule has 0 fully saturated rings. The fraction of sp³-hybridized carbons (Fsp3) is 0.538. The molecule has 1 N–H and O–H groups in total. The summed E-state index contributed by atoms with van der Waals surface area (Å²) in [4.78, 5) is 0. The topological polar surface area (TPSA) is 29.5 Å². The van der Waals surface area contributed by atoms with Crippen molar-refractivity contribution in [2.24, 2.45) is 5.92 Å². The van der Waals surface area contributed by atoms with Gasteiger partial charge in [-0.2, -0.15) is 0 Å². The van der Waals surface area contributed by atoms with Gasteiger partial charge in [-0.05, 0) is 30.4 Å². The van der Waals surface area contributed by atoms with Crippen LogP contribution in [0.1, 0.15) is 25.8 Å². The van der Waals surface area contributed by atoms with Crippen LogP contribution in [-0.2, 0) is 6.42 Å². The molecule has 2 atom stereocenters. The lowest BCUT2D eigenvalue weighted by Crippen LogP contribution is -2.18. The molecule has 0 spiro atoms. The van der Waals surface area contributed by atoms with E-state index in [4.69, 9.17) is 4.74 Å². The standard InChI is InChI=1S/C13H20O2/c1-4-12(14)10(2)9-11-7-5-6-8-13(11)15-3/h5-8,10,12,14H,4,9H2,1-3H3. The fourth-order valence-corrected chi connectivity index (χ4v) is 1.76. The third-order valence-corrected chi connectivity index (χ3v) is 2.81. The molecular weight excluding hydrogens is 188 g/mol. The molecule has 2 unspecified atom stereocenters. The summed E-state index contributed by atoms with van der Waals surface area (Å²) in [6, 6.07) is 7.98. The second-order valence-corrected chi connectivity index (χ2v) is 3.97. The second kappa shape index (κ2) is 5.76. The average molecular weight is 208 g/mol. The SMILES string of the molecule is CCC(O)C(C)Cc1ccccc1OC. The highest BCUT2D eigenvalue weighted by Gasteiger charge is 2.14. The summed E-state index contributed by atoms with van der Waals surface area (Å²) in [5, 5.41) is 9.71. The zero-order valence-corrected chi connectivity index (χ0v) is 9.73. The van der Waals surface area contributed by atoms with E-state index in [1.807, 2.05) is 25.1 Å². The minimum atomic E-state index is -0.227. The maximum Gasteiger partial charge on any atom is 0.122 e. The number of rotatable bonds is 5. The monoisotopic (exact) mass is 208 g/mol. The summed E-state index contributed by atoms with van der Waals surface area (Å²) in [6.07, 6.45) is 1.44. The maximum atomic E-state index is 9.71. The van der Waals surface area contributed by atoms with Crippen LogP contribution in [0.2, 0.25) is 0 Å². The van der Waals surface area contributed by atoms with E-state index in [-0.39, 0.29) is 12.0 Å². The summed E-state index contributed by atoms with van der Waals surface area (Å²) < 4.78 is 5.28. The lowest BCUT2D eigenvalue weighted by molar-refractivity contribution is 0.112. The lowest BCUT2D eigenvalue weighted by Gasteiger charge is -2.18. The van der Waals surface area contributed by atoms with Gasteiger partial charge in [-0.1, -0.05) is 32.0 Å². The highest BCUT2D eigenvalue weighted by molar-refractivity contribution is 5.33. The van der Waals surface area contributed by atoms with E-state index in [1.54, 1.807) is 7.11 Å². The molecule has 0 amide bonds. The largest absolute Gasteiger partial charge is 0.496 e. The van der Waals surface area contributed by atoms with Gasteiger partial charge in [0.2, 0.25) is 0 Å². The first kappa shape index (κ1) is 12.1. The van der Waals surface area contributed by atoms with E-state index >= 15 is 0 Å². The molecule has 84 valence electrons. The van der Waals surface area contributed by atoms with Gasteiger partial charge >= 0.3 is 0 Å². The lowest BCUT2D eigenvalue weighted by atomic mass is 9.94. The predicted octanol–water partition coefficient (Wildman–Crippen LogP) is 2.64. The van der Waals surface area contributed by atoms with Crippen molar-refractivity contribution in [2.75, 3.05) is 7.11 Å². The molecular formula is C13H20O2. The Balaban J connectivity index is 2.71. The summed E-state index contributed by atoms with van der Waals surface area (Å²) >= 11 is 0. The number of ether oxygens (including phenoxy) is 1. The van der Waals surface area contributed by atoms with Gasteiger partial charge in [0.25, 0.3) is 0 Å². The molecule has 2 nitrogen and oxygen atoms in total. The predicted molar refractivity (Wildman–Crippen MR) is 62.2 cm³/mol. The van der Waals surface area contributed by atoms with E-state index in [2.05, 4.69) is 13.0 Å². The molecule has 0 radical (unpaired) electrons. The maximum absolute atomic E-state index is 9.71. The Bertz CT molecular complexity index is 296. The van der Waals surface area contributed by atoms with Crippen LogP contribution in [0.4, 0.5) is 0 Å². The molecule has 2 heteroatoms. The first-order valence-corrected chi connectivity index (χ1v) is 5.49. The first-order chi connectivity index (χ1) is 7.19. The minimum Gasteiger partial charge on any atom is -0.496 e. The van der Waals surface area contributed by atoms with E-state index in [9.17, 15) is 5.11 Å². The third kappa shape index (κ3) is 3.24. The summed E-state index contributed by atoms with van der Waals surface area (Å²) in [5.41, 5.74) is 1.17. The molecule has 0 heterocycles. The Morgan fingerprint density at radius 2 is 2.00 bits per heavy atom. The summed E-state index contributed by atoms with van der Waals surface area (Å²) in [6.45, 7) is 4.07. The third-order valence-electron chi connectivity index (χ3n) is 2.81. The molecule has 0 aliphatic carbocycles. The van der Waals surface area contributed by atoms with Crippen molar-refractivity contribution in [1.82, 2.24) is 0 Å². The number of aliphatic hydroxyl groups excluding tert-OH is 1. The van der Waals surface area contributed by atoms with Crippen molar-refractivity contribution in [2.45, 2.75) is 32.8 Å². The fourth-order valence-electron chi connectivity index (χ4n) is 1.76. The van der Waals surface area contributed by atoms with Gasteiger partial charge in [0, 0.05) is 0 Å². The van der Waals surface area contributed by atoms with Crippen molar-refractivity contribution in [3.05, 3.63) is 29.8 Å². The van der Waals surface area contributed by atoms with Crippen molar-refractivity contribution in [1.29, 1.82) is 0 Å². The van der Waals surface area contributed by atoms with Crippen LogP contribution in [-0.4, -0.2) is 18.3 Å². The van der Waals surface area contributed by atoms with Crippen molar-refractivity contribution < 1.29 is 9.84 Å². The van der Waals surface area contributed by atoms with Crippen LogP contribution in [0.5, 0.6) is 5.75 Å². The number of aliphatic hydroxyl groups is 1. The molecule has 0 aliphatic rings. The van der Waals surface area contributed by atoms with Gasteiger partial charge in [0.15, 0.2) is 0 Å². The van der Waals surface area contributed by atoms with E-state index < -0.39 is 0 Å². The van der Waals surface area contributed by atoms with Gasteiger partial charge < -0.3 is 9.84 Å². The molecule has 1 rings (SSSR count). The van der Waals surface area contributed by atoms with Gasteiger partial charge in [0.1, 0.15) is 5.75 Å². The number of hydrogen-bond donors (Lipinski definition) is 1. The van der Waals surface area contributed by atoms with Gasteiger partial charge in [-0.25, -0.2) is 0 Å². The Labute approximate surface area is 91.9 Å². The van der Waals surface area contributed by atoms with Crippen LogP contribution >= 0.6 is 0 Å². The number of benzene rings is 1. The number of hydrogen-bond acceptors (Lipinski definition) is 2. The smallest absolute Gasteiger partial charge is 0.122 e. The zero-order chi connectivity index (χ0) is 11.3. The molecule has 0 bridgehead atoms. The summed E-state index contributed by atoms with van der Waals surface area (Å²) in [5.74, 6) is 1.18. The Kier molecular flexibility index (Phi) is 4.63. The van der Waals surface area contributed by atoms with Crippen molar-refractivity contribution in [3.8, 4) is 5.75 Å². The molecule has 0 saturated carbocycles. The number of methoxy groups -OCH3 is 1. The number of para-hydroxylation sites is 1. The highest BCUT2D eigenvalue weighted by atomic mass is 16.5. The molecule has 1 aromatic rings. The minimum absolute atomic E-state index is 0.227. The van der Waals surface area contributed by atoms with Crippen molar-refractivity contribution in [3.63, 3.8) is 0 Å². The Morgan fingerprint density at radius 3 is 2.60 bits per heavy atom. The van der Waals surface area contributed by atoms with E-state index in [0.29, 0.717) is 0 Å². The average Bonchev–Trinajstić information content (AvgIpc) is 2.28. The molecule has 15 heavy (non-hydrogen) atoms. The van der Waals surface area contributed by atoms with Crippen LogP contribution in [0.25, 0.3) is 0 Å². The second-order valence-electron chi connectivity index (χ2n) is 3.97. The highest BCUT2D eigenvalue weighted by Crippen LogP contribution is 2.22. The zero-order valence-electron chi connectivity index (χ0n) is 9.73. The molecule has 0 aromatic heterocycles. The van der Waals surface area contributed by atoms with Crippen LogP contribution in [0.3, 0.4) is 0 Å². The van der Waals surface area contributed by atoms with Gasteiger partial charge in [-0.3, -0.25) is 0 Å². The molecule has 0 aliphatic heterocycles. The van der Waals surface area contributed by atoms with Crippen molar-refractivity contribution >= 4 is 0 Å². The van der Waals surface area contributed by atoms with Crippen LogP contribution in [0.15, 0.2) is 24.3 Å². The molecule has 1 aromatic carbocycles.